The van der Waals surface area contributed by atoms with E-state index in [0.717, 1.165) is 0 Å². The molecule has 0 spiro atoms. The van der Waals surface area contributed by atoms with E-state index >= 15 is 0 Å². The molecule has 6 nitrogen and oxygen atoms in total. The standard InChI is InChI=1S/C10H20N2O4/c1-6(2)8(10(14)16-4)12-9(13)7(5-11)15-3/h6-8H,5,11H2,1-4H3,(H,12,13)/t7?,8-/m0/s1. The van der Waals surface area contributed by atoms with Gasteiger partial charge in [-0.2, -0.15) is 0 Å². The number of carbonyl (C=O) groups excluding carboxylic acids is 2. The van der Waals surface area contributed by atoms with Crippen LogP contribution >= 0.6 is 0 Å². The molecule has 0 bridgehead atoms. The highest BCUT2D eigenvalue weighted by molar-refractivity contribution is 5.87. The van der Waals surface area contributed by atoms with Crippen molar-refractivity contribution in [2.45, 2.75) is 26.0 Å². The van der Waals surface area contributed by atoms with Crippen LogP contribution in [0.3, 0.4) is 0 Å². The minimum Gasteiger partial charge on any atom is -0.467 e. The molecule has 6 heteroatoms. The van der Waals surface area contributed by atoms with Gasteiger partial charge in [0.1, 0.15) is 12.1 Å². The summed E-state index contributed by atoms with van der Waals surface area (Å²) >= 11 is 0. The lowest BCUT2D eigenvalue weighted by molar-refractivity contribution is -0.147. The van der Waals surface area contributed by atoms with Crippen LogP contribution in [0.25, 0.3) is 0 Å². The summed E-state index contributed by atoms with van der Waals surface area (Å²) in [4.78, 5) is 23.0. The van der Waals surface area contributed by atoms with Gasteiger partial charge in [0.05, 0.1) is 7.11 Å². The van der Waals surface area contributed by atoms with Gasteiger partial charge in [0.2, 0.25) is 0 Å². The molecule has 0 aliphatic heterocycles. The maximum Gasteiger partial charge on any atom is 0.328 e. The molecule has 0 aliphatic rings. The maximum atomic E-state index is 11.6. The third kappa shape index (κ3) is 4.16. The molecular weight excluding hydrogens is 212 g/mol. The van der Waals surface area contributed by atoms with Crippen molar-refractivity contribution in [1.29, 1.82) is 0 Å². The predicted octanol–water partition coefficient (Wildman–Crippen LogP) is -0.726. The van der Waals surface area contributed by atoms with E-state index in [4.69, 9.17) is 10.5 Å². The second-order valence-corrected chi connectivity index (χ2v) is 3.71. The number of ether oxygens (including phenoxy) is 2. The summed E-state index contributed by atoms with van der Waals surface area (Å²) in [6.45, 7) is 3.69. The van der Waals surface area contributed by atoms with Gasteiger partial charge >= 0.3 is 5.97 Å². The molecule has 3 N–H and O–H groups in total. The highest BCUT2D eigenvalue weighted by Crippen LogP contribution is 2.04. The second kappa shape index (κ2) is 7.19. The molecule has 16 heavy (non-hydrogen) atoms. The van der Waals surface area contributed by atoms with Crippen molar-refractivity contribution in [3.05, 3.63) is 0 Å². The Morgan fingerprint density at radius 2 is 1.88 bits per heavy atom. The lowest BCUT2D eigenvalue weighted by Crippen LogP contribution is -2.50. The van der Waals surface area contributed by atoms with Crippen LogP contribution in [0.1, 0.15) is 13.8 Å². The summed E-state index contributed by atoms with van der Waals surface area (Å²) in [6, 6.07) is -0.679. The molecule has 0 saturated carbocycles. The van der Waals surface area contributed by atoms with Crippen molar-refractivity contribution in [1.82, 2.24) is 5.32 Å². The van der Waals surface area contributed by atoms with Crippen molar-refractivity contribution >= 4 is 11.9 Å². The summed E-state index contributed by atoms with van der Waals surface area (Å²) in [5.74, 6) is -0.948. The zero-order chi connectivity index (χ0) is 12.7. The third-order valence-corrected chi connectivity index (χ3v) is 2.21. The van der Waals surface area contributed by atoms with E-state index in [9.17, 15) is 9.59 Å². The van der Waals surface area contributed by atoms with Crippen LogP contribution in [0.4, 0.5) is 0 Å². The number of hydrogen-bond donors (Lipinski definition) is 2. The minimum absolute atomic E-state index is 0.0633. The molecule has 1 unspecified atom stereocenters. The highest BCUT2D eigenvalue weighted by atomic mass is 16.5. The third-order valence-electron chi connectivity index (χ3n) is 2.21. The fraction of sp³-hybridized carbons (Fsp3) is 0.800. The van der Waals surface area contributed by atoms with E-state index in [0.29, 0.717) is 0 Å². The Kier molecular flexibility index (Phi) is 6.67. The van der Waals surface area contributed by atoms with E-state index in [1.165, 1.54) is 14.2 Å². The van der Waals surface area contributed by atoms with Gasteiger partial charge in [0.15, 0.2) is 0 Å². The Morgan fingerprint density at radius 1 is 1.31 bits per heavy atom. The van der Waals surface area contributed by atoms with Crippen LogP contribution < -0.4 is 11.1 Å². The average Bonchev–Trinajstić information content (AvgIpc) is 2.26. The molecule has 0 saturated heterocycles. The number of hydrogen-bond acceptors (Lipinski definition) is 5. The summed E-state index contributed by atoms with van der Waals surface area (Å²) in [6.07, 6.45) is -0.745. The molecule has 0 rings (SSSR count). The van der Waals surface area contributed by atoms with E-state index in [-0.39, 0.29) is 12.5 Å². The van der Waals surface area contributed by atoms with E-state index in [2.05, 4.69) is 10.1 Å². The molecule has 0 fully saturated rings. The first-order valence-corrected chi connectivity index (χ1v) is 5.09. The Morgan fingerprint density at radius 3 is 2.19 bits per heavy atom. The number of methoxy groups -OCH3 is 2. The van der Waals surface area contributed by atoms with Gasteiger partial charge in [0, 0.05) is 13.7 Å². The zero-order valence-electron chi connectivity index (χ0n) is 10.1. The first-order valence-electron chi connectivity index (χ1n) is 5.09. The van der Waals surface area contributed by atoms with Gasteiger partial charge in [-0.1, -0.05) is 13.8 Å². The minimum atomic E-state index is -0.745. The van der Waals surface area contributed by atoms with Crippen LogP contribution in [0.2, 0.25) is 0 Å². The fourth-order valence-corrected chi connectivity index (χ4v) is 1.18. The maximum absolute atomic E-state index is 11.6. The fourth-order valence-electron chi connectivity index (χ4n) is 1.18. The Labute approximate surface area is 95.5 Å². The van der Waals surface area contributed by atoms with E-state index in [1.807, 2.05) is 13.8 Å². The summed E-state index contributed by atoms with van der Waals surface area (Å²) < 4.78 is 9.46. The monoisotopic (exact) mass is 232 g/mol. The molecule has 0 aromatic rings. The SMILES string of the molecule is COC(=O)[C@@H](NC(=O)C(CN)OC)C(C)C. The molecule has 0 aliphatic carbocycles. The normalized spacial score (nSPS) is 14.4. The van der Waals surface area contributed by atoms with Gasteiger partial charge in [-0.25, -0.2) is 4.79 Å². The number of nitrogens with one attached hydrogen (secondary N) is 1. The van der Waals surface area contributed by atoms with Gasteiger partial charge in [-0.15, -0.1) is 0 Å². The first kappa shape index (κ1) is 14.9. The molecule has 0 aromatic heterocycles. The smallest absolute Gasteiger partial charge is 0.328 e. The quantitative estimate of drug-likeness (QED) is 0.589. The van der Waals surface area contributed by atoms with E-state index < -0.39 is 24.0 Å². The Hall–Kier alpha value is -1.14. The van der Waals surface area contributed by atoms with Gasteiger partial charge in [0.25, 0.3) is 5.91 Å². The van der Waals surface area contributed by atoms with Gasteiger partial charge in [-0.3, -0.25) is 4.79 Å². The Balaban J connectivity index is 4.51. The first-order chi connectivity index (χ1) is 7.47. The molecule has 2 atom stereocenters. The summed E-state index contributed by atoms with van der Waals surface area (Å²) in [5.41, 5.74) is 5.34. The molecule has 0 heterocycles. The molecule has 0 radical (unpaired) electrons. The lowest BCUT2D eigenvalue weighted by atomic mass is 10.0. The number of amides is 1. The lowest BCUT2D eigenvalue weighted by Gasteiger charge is -2.22. The number of nitrogens with two attached hydrogens (primary N) is 1. The summed E-state index contributed by atoms with van der Waals surface area (Å²) in [7, 11) is 2.67. The van der Waals surface area contributed by atoms with Gasteiger partial charge in [-0.05, 0) is 5.92 Å². The molecular formula is C10H20N2O4. The molecule has 94 valence electrons. The Bertz CT molecular complexity index is 239. The number of rotatable bonds is 6. The average molecular weight is 232 g/mol. The van der Waals surface area contributed by atoms with Crippen LogP contribution in [-0.2, 0) is 19.1 Å². The molecule has 1 amide bonds. The summed E-state index contributed by atoms with van der Waals surface area (Å²) in [5, 5.41) is 2.55. The van der Waals surface area contributed by atoms with Crippen molar-refractivity contribution in [2.24, 2.45) is 11.7 Å². The molecule has 0 aromatic carbocycles. The van der Waals surface area contributed by atoms with Crippen molar-refractivity contribution < 1.29 is 19.1 Å². The topological polar surface area (TPSA) is 90.7 Å². The van der Waals surface area contributed by atoms with Crippen LogP contribution in [0.15, 0.2) is 0 Å². The largest absolute Gasteiger partial charge is 0.467 e. The number of esters is 1. The zero-order valence-corrected chi connectivity index (χ0v) is 10.1. The van der Waals surface area contributed by atoms with Crippen LogP contribution in [0.5, 0.6) is 0 Å². The number of carbonyl (C=O) groups is 2. The van der Waals surface area contributed by atoms with Crippen molar-refractivity contribution in [2.75, 3.05) is 20.8 Å². The van der Waals surface area contributed by atoms with Gasteiger partial charge < -0.3 is 20.5 Å². The second-order valence-electron chi connectivity index (χ2n) is 3.71. The van der Waals surface area contributed by atoms with Crippen LogP contribution in [0, 0.1) is 5.92 Å². The van der Waals surface area contributed by atoms with Crippen LogP contribution in [-0.4, -0.2) is 44.8 Å². The van der Waals surface area contributed by atoms with E-state index in [1.54, 1.807) is 0 Å². The predicted molar refractivity (Wildman–Crippen MR) is 58.6 cm³/mol. The highest BCUT2D eigenvalue weighted by Gasteiger charge is 2.27. The van der Waals surface area contributed by atoms with Crippen molar-refractivity contribution in [3.8, 4) is 0 Å². The van der Waals surface area contributed by atoms with Crippen molar-refractivity contribution in [3.63, 3.8) is 0 Å².